The predicted molar refractivity (Wildman–Crippen MR) is 38.4 cm³/mol. The minimum absolute atomic E-state index is 0.662. The minimum atomic E-state index is 0.662. The van der Waals surface area contributed by atoms with Crippen LogP contribution in [0.3, 0.4) is 0 Å². The molecule has 2 aliphatic heterocycles. The van der Waals surface area contributed by atoms with Gasteiger partial charge in [-0.1, -0.05) is 0 Å². The quantitative estimate of drug-likeness (QED) is 0.505. The van der Waals surface area contributed by atoms with Crippen LogP contribution in [-0.4, -0.2) is 23.5 Å². The van der Waals surface area contributed by atoms with E-state index in [2.05, 4.69) is 11.0 Å². The van der Waals surface area contributed by atoms with Crippen LogP contribution in [0.2, 0.25) is 0 Å². The molecule has 0 spiro atoms. The predicted octanol–water partition coefficient (Wildman–Crippen LogP) is 1.14. The Kier molecular flexibility index (Phi) is 1.39. The fraction of sp³-hybridized carbons (Fsp3) is 0.875. The SMILES string of the molecule is N#CCN1C2CCC1CC2. The lowest BCUT2D eigenvalue weighted by Crippen LogP contribution is -2.28. The minimum Gasteiger partial charge on any atom is -0.285 e. The molecule has 0 atom stereocenters. The molecule has 0 amide bonds. The first-order valence-corrected chi connectivity index (χ1v) is 4.04. The number of hydrogen-bond donors (Lipinski definition) is 0. The van der Waals surface area contributed by atoms with E-state index in [1.165, 1.54) is 25.7 Å². The van der Waals surface area contributed by atoms with Crippen molar-refractivity contribution < 1.29 is 0 Å². The van der Waals surface area contributed by atoms with Crippen molar-refractivity contribution in [1.29, 1.82) is 5.26 Å². The zero-order valence-electron chi connectivity index (χ0n) is 6.08. The topological polar surface area (TPSA) is 27.0 Å². The molecular formula is C8H12N2. The molecule has 54 valence electrons. The molecule has 2 rings (SSSR count). The monoisotopic (exact) mass is 136 g/mol. The van der Waals surface area contributed by atoms with E-state index in [4.69, 9.17) is 5.26 Å². The molecule has 0 N–H and O–H groups in total. The number of hydrogen-bond acceptors (Lipinski definition) is 2. The van der Waals surface area contributed by atoms with E-state index in [1.54, 1.807) is 0 Å². The Labute approximate surface area is 61.4 Å². The molecule has 0 aromatic carbocycles. The number of nitrogens with zero attached hydrogens (tertiary/aromatic N) is 2. The summed E-state index contributed by atoms with van der Waals surface area (Å²) < 4.78 is 0. The third-order valence-corrected chi connectivity index (χ3v) is 2.86. The van der Waals surface area contributed by atoms with Crippen LogP contribution < -0.4 is 0 Å². The molecule has 0 unspecified atom stereocenters. The van der Waals surface area contributed by atoms with Gasteiger partial charge in [0.2, 0.25) is 0 Å². The lowest BCUT2D eigenvalue weighted by molar-refractivity contribution is 0.285. The van der Waals surface area contributed by atoms with Crippen LogP contribution in [0.5, 0.6) is 0 Å². The van der Waals surface area contributed by atoms with Gasteiger partial charge in [0.05, 0.1) is 12.6 Å². The van der Waals surface area contributed by atoms with Crippen molar-refractivity contribution in [3.8, 4) is 6.07 Å². The molecule has 2 aliphatic rings. The summed E-state index contributed by atoms with van der Waals surface area (Å²) in [5.41, 5.74) is 0. The molecular weight excluding hydrogens is 124 g/mol. The van der Waals surface area contributed by atoms with E-state index in [0.717, 1.165) is 12.1 Å². The second kappa shape index (κ2) is 2.25. The van der Waals surface area contributed by atoms with Gasteiger partial charge in [-0.05, 0) is 25.7 Å². The summed E-state index contributed by atoms with van der Waals surface area (Å²) in [6.45, 7) is 0.662. The molecule has 0 saturated carbocycles. The van der Waals surface area contributed by atoms with Crippen LogP contribution in [0.4, 0.5) is 0 Å². The van der Waals surface area contributed by atoms with Crippen LogP contribution in [0.1, 0.15) is 25.7 Å². The summed E-state index contributed by atoms with van der Waals surface area (Å²) in [5.74, 6) is 0. The summed E-state index contributed by atoms with van der Waals surface area (Å²) in [7, 11) is 0. The van der Waals surface area contributed by atoms with Crippen LogP contribution in [0.15, 0.2) is 0 Å². The van der Waals surface area contributed by atoms with E-state index in [1.807, 2.05) is 0 Å². The molecule has 2 nitrogen and oxygen atoms in total. The fourth-order valence-corrected chi connectivity index (χ4v) is 2.36. The Morgan fingerprint density at radius 2 is 1.70 bits per heavy atom. The van der Waals surface area contributed by atoms with Crippen molar-refractivity contribution >= 4 is 0 Å². The molecule has 0 aromatic heterocycles. The molecule has 10 heavy (non-hydrogen) atoms. The van der Waals surface area contributed by atoms with E-state index in [9.17, 15) is 0 Å². The highest BCUT2D eigenvalue weighted by Crippen LogP contribution is 2.36. The average molecular weight is 136 g/mol. The maximum Gasteiger partial charge on any atom is 0.0870 e. The Bertz CT molecular complexity index is 151. The number of nitriles is 1. The van der Waals surface area contributed by atoms with Crippen molar-refractivity contribution in [3.63, 3.8) is 0 Å². The van der Waals surface area contributed by atoms with Gasteiger partial charge in [0.1, 0.15) is 0 Å². The van der Waals surface area contributed by atoms with Gasteiger partial charge in [-0.3, -0.25) is 4.90 Å². The largest absolute Gasteiger partial charge is 0.285 e. The number of rotatable bonds is 1. The van der Waals surface area contributed by atoms with Gasteiger partial charge >= 0.3 is 0 Å². The van der Waals surface area contributed by atoms with Gasteiger partial charge in [0.25, 0.3) is 0 Å². The highest BCUT2D eigenvalue weighted by Gasteiger charge is 2.38. The van der Waals surface area contributed by atoms with E-state index in [0.29, 0.717) is 6.54 Å². The Hall–Kier alpha value is -0.550. The highest BCUT2D eigenvalue weighted by atomic mass is 15.2. The average Bonchev–Trinajstić information content (AvgIpc) is 2.50. The standard InChI is InChI=1S/C8H12N2/c9-5-6-10-7-1-2-8(10)4-3-7/h7-8H,1-4,6H2. The van der Waals surface area contributed by atoms with Crippen LogP contribution >= 0.6 is 0 Å². The first-order valence-electron chi connectivity index (χ1n) is 4.04. The molecule has 0 aliphatic carbocycles. The third-order valence-electron chi connectivity index (χ3n) is 2.86. The van der Waals surface area contributed by atoms with Crippen molar-refractivity contribution in [1.82, 2.24) is 4.90 Å². The van der Waals surface area contributed by atoms with Crippen LogP contribution in [-0.2, 0) is 0 Å². The van der Waals surface area contributed by atoms with Crippen LogP contribution in [0.25, 0.3) is 0 Å². The van der Waals surface area contributed by atoms with Gasteiger partial charge in [-0.2, -0.15) is 5.26 Å². The van der Waals surface area contributed by atoms with Crippen LogP contribution in [0, 0.1) is 11.3 Å². The Balaban J connectivity index is 2.04. The summed E-state index contributed by atoms with van der Waals surface area (Å²) in [4.78, 5) is 2.38. The third kappa shape index (κ3) is 0.741. The smallest absolute Gasteiger partial charge is 0.0870 e. The van der Waals surface area contributed by atoms with E-state index < -0.39 is 0 Å². The van der Waals surface area contributed by atoms with E-state index >= 15 is 0 Å². The van der Waals surface area contributed by atoms with Crippen molar-refractivity contribution in [3.05, 3.63) is 0 Å². The molecule has 2 fully saturated rings. The summed E-state index contributed by atoms with van der Waals surface area (Å²) in [5, 5.41) is 8.50. The van der Waals surface area contributed by atoms with Crippen molar-refractivity contribution in [2.24, 2.45) is 0 Å². The van der Waals surface area contributed by atoms with Gasteiger partial charge in [-0.25, -0.2) is 0 Å². The Morgan fingerprint density at radius 3 is 2.10 bits per heavy atom. The van der Waals surface area contributed by atoms with E-state index in [-0.39, 0.29) is 0 Å². The molecule has 0 radical (unpaired) electrons. The number of fused-ring (bicyclic) bond motifs is 2. The Morgan fingerprint density at radius 1 is 1.20 bits per heavy atom. The summed E-state index contributed by atoms with van der Waals surface area (Å²) in [6.07, 6.45) is 5.36. The molecule has 0 aromatic rings. The molecule has 2 saturated heterocycles. The first-order chi connectivity index (χ1) is 4.92. The lowest BCUT2D eigenvalue weighted by Gasteiger charge is -2.16. The maximum atomic E-state index is 8.50. The second-order valence-corrected chi connectivity index (χ2v) is 3.29. The highest BCUT2D eigenvalue weighted by molar-refractivity contribution is 4.97. The molecule has 2 heteroatoms. The summed E-state index contributed by atoms with van der Waals surface area (Å²) in [6, 6.07) is 3.77. The zero-order chi connectivity index (χ0) is 6.97. The zero-order valence-corrected chi connectivity index (χ0v) is 6.08. The lowest BCUT2D eigenvalue weighted by atomic mass is 10.0. The van der Waals surface area contributed by atoms with Gasteiger partial charge < -0.3 is 0 Å². The van der Waals surface area contributed by atoms with Crippen molar-refractivity contribution in [2.45, 2.75) is 37.8 Å². The normalized spacial score (nSPS) is 38.3. The van der Waals surface area contributed by atoms with Gasteiger partial charge in [-0.15, -0.1) is 0 Å². The fourth-order valence-electron chi connectivity index (χ4n) is 2.36. The van der Waals surface area contributed by atoms with Gasteiger partial charge in [0, 0.05) is 12.1 Å². The van der Waals surface area contributed by atoms with Crippen molar-refractivity contribution in [2.75, 3.05) is 6.54 Å². The van der Waals surface area contributed by atoms with Gasteiger partial charge in [0.15, 0.2) is 0 Å². The molecule has 2 bridgehead atoms. The second-order valence-electron chi connectivity index (χ2n) is 3.29. The molecule has 2 heterocycles. The first kappa shape index (κ1) is 6.18. The maximum absolute atomic E-state index is 8.50. The summed E-state index contributed by atoms with van der Waals surface area (Å²) >= 11 is 0.